The Morgan fingerprint density at radius 2 is 1.85 bits per heavy atom. The van der Waals surface area contributed by atoms with Crippen LogP contribution in [-0.4, -0.2) is 35.7 Å². The van der Waals surface area contributed by atoms with Crippen molar-refractivity contribution >= 4 is 0 Å². The zero-order valence-electron chi connectivity index (χ0n) is 8.41. The third-order valence-electron chi connectivity index (χ3n) is 3.68. The van der Waals surface area contributed by atoms with Gasteiger partial charge in [0.1, 0.15) is 0 Å². The lowest BCUT2D eigenvalue weighted by molar-refractivity contribution is 0.142. The Balaban J connectivity index is 1.79. The molecule has 76 valence electrons. The minimum atomic E-state index is 0.368. The third-order valence-corrected chi connectivity index (χ3v) is 3.68. The normalized spacial score (nSPS) is 31.6. The van der Waals surface area contributed by atoms with Gasteiger partial charge in [-0.25, -0.2) is 0 Å². The maximum absolute atomic E-state index is 9.17. The van der Waals surface area contributed by atoms with Crippen molar-refractivity contribution in [3.05, 3.63) is 0 Å². The van der Waals surface area contributed by atoms with Crippen molar-refractivity contribution in [1.82, 2.24) is 4.90 Å². The van der Waals surface area contributed by atoms with Crippen LogP contribution in [0.4, 0.5) is 0 Å². The van der Waals surface area contributed by atoms with E-state index in [1.165, 1.54) is 51.6 Å². The minimum Gasteiger partial charge on any atom is -0.395 e. The van der Waals surface area contributed by atoms with E-state index in [1.807, 2.05) is 0 Å². The zero-order chi connectivity index (χ0) is 9.10. The van der Waals surface area contributed by atoms with Gasteiger partial charge < -0.3 is 5.11 Å². The second-order valence-corrected chi connectivity index (χ2v) is 4.62. The molecule has 13 heavy (non-hydrogen) atoms. The van der Waals surface area contributed by atoms with Gasteiger partial charge in [0.15, 0.2) is 0 Å². The molecular weight excluding hydrogens is 162 g/mol. The fourth-order valence-corrected chi connectivity index (χ4v) is 2.87. The van der Waals surface area contributed by atoms with Crippen LogP contribution in [-0.2, 0) is 0 Å². The molecule has 2 fully saturated rings. The van der Waals surface area contributed by atoms with E-state index in [4.69, 9.17) is 5.11 Å². The molecule has 0 aromatic heterocycles. The molecule has 0 radical (unpaired) electrons. The maximum atomic E-state index is 9.17. The quantitative estimate of drug-likeness (QED) is 0.719. The summed E-state index contributed by atoms with van der Waals surface area (Å²) in [5, 5.41) is 9.17. The van der Waals surface area contributed by atoms with E-state index in [9.17, 15) is 0 Å². The van der Waals surface area contributed by atoms with Gasteiger partial charge in [-0.2, -0.15) is 0 Å². The maximum Gasteiger partial charge on any atom is 0.0586 e. The van der Waals surface area contributed by atoms with Crippen molar-refractivity contribution in [3.63, 3.8) is 0 Å². The van der Waals surface area contributed by atoms with Gasteiger partial charge in [0, 0.05) is 12.6 Å². The highest BCUT2D eigenvalue weighted by atomic mass is 16.3. The van der Waals surface area contributed by atoms with E-state index in [-0.39, 0.29) is 0 Å². The number of nitrogens with zero attached hydrogens (tertiary/aromatic N) is 1. The Hall–Kier alpha value is -0.0800. The fourth-order valence-electron chi connectivity index (χ4n) is 2.87. The molecule has 1 saturated heterocycles. The van der Waals surface area contributed by atoms with Crippen molar-refractivity contribution in [2.24, 2.45) is 5.92 Å². The van der Waals surface area contributed by atoms with E-state index in [2.05, 4.69) is 4.90 Å². The van der Waals surface area contributed by atoms with Gasteiger partial charge in [-0.3, -0.25) is 4.90 Å². The highest BCUT2D eigenvalue weighted by Gasteiger charge is 2.27. The SMILES string of the molecule is OCC1CCCN1CC1CCCC1. The van der Waals surface area contributed by atoms with Crippen molar-refractivity contribution in [1.29, 1.82) is 0 Å². The summed E-state index contributed by atoms with van der Waals surface area (Å²) in [5.74, 6) is 0.937. The van der Waals surface area contributed by atoms with Gasteiger partial charge in [-0.15, -0.1) is 0 Å². The second-order valence-electron chi connectivity index (χ2n) is 4.62. The summed E-state index contributed by atoms with van der Waals surface area (Å²) in [5.41, 5.74) is 0. The number of hydrogen-bond acceptors (Lipinski definition) is 2. The first-order valence-electron chi connectivity index (χ1n) is 5.75. The summed E-state index contributed by atoms with van der Waals surface area (Å²) < 4.78 is 0. The molecule has 1 saturated carbocycles. The second kappa shape index (κ2) is 4.43. The van der Waals surface area contributed by atoms with E-state index < -0.39 is 0 Å². The predicted molar refractivity (Wildman–Crippen MR) is 53.6 cm³/mol. The van der Waals surface area contributed by atoms with Crippen LogP contribution in [0.5, 0.6) is 0 Å². The van der Waals surface area contributed by atoms with Crippen molar-refractivity contribution in [2.45, 2.75) is 44.6 Å². The van der Waals surface area contributed by atoms with Crippen molar-refractivity contribution in [3.8, 4) is 0 Å². The van der Waals surface area contributed by atoms with Gasteiger partial charge in [-0.1, -0.05) is 12.8 Å². The molecule has 1 aliphatic heterocycles. The largest absolute Gasteiger partial charge is 0.395 e. The van der Waals surface area contributed by atoms with E-state index in [1.54, 1.807) is 0 Å². The molecule has 1 aliphatic carbocycles. The summed E-state index contributed by atoms with van der Waals surface area (Å²) in [6, 6.07) is 0.487. The lowest BCUT2D eigenvalue weighted by Crippen LogP contribution is -2.35. The van der Waals surface area contributed by atoms with Gasteiger partial charge in [0.25, 0.3) is 0 Å². The Bertz CT molecular complexity index is 154. The lowest BCUT2D eigenvalue weighted by atomic mass is 10.1. The highest BCUT2D eigenvalue weighted by Crippen LogP contribution is 2.28. The summed E-state index contributed by atoms with van der Waals surface area (Å²) in [4.78, 5) is 2.51. The predicted octanol–water partition coefficient (Wildman–Crippen LogP) is 1.63. The number of aliphatic hydroxyl groups excluding tert-OH is 1. The van der Waals surface area contributed by atoms with Crippen LogP contribution >= 0.6 is 0 Å². The number of likely N-dealkylation sites (tertiary alicyclic amines) is 1. The van der Waals surface area contributed by atoms with Crippen molar-refractivity contribution < 1.29 is 5.11 Å². The lowest BCUT2D eigenvalue weighted by Gasteiger charge is -2.25. The van der Waals surface area contributed by atoms with Crippen LogP contribution in [0.1, 0.15) is 38.5 Å². The van der Waals surface area contributed by atoms with Gasteiger partial charge in [-0.05, 0) is 38.1 Å². The molecule has 0 bridgehead atoms. The molecule has 2 rings (SSSR count). The van der Waals surface area contributed by atoms with Crippen LogP contribution in [0.3, 0.4) is 0 Å². The average molecular weight is 183 g/mol. The summed E-state index contributed by atoms with van der Waals surface area (Å²) >= 11 is 0. The van der Waals surface area contributed by atoms with Gasteiger partial charge in [0.2, 0.25) is 0 Å². The Kier molecular flexibility index (Phi) is 3.23. The van der Waals surface area contributed by atoms with E-state index in [0.29, 0.717) is 12.6 Å². The highest BCUT2D eigenvalue weighted by molar-refractivity contribution is 4.81. The fraction of sp³-hybridized carbons (Fsp3) is 1.00. The Labute approximate surface area is 80.9 Å². The summed E-state index contributed by atoms with van der Waals surface area (Å²) in [7, 11) is 0. The first kappa shape index (κ1) is 9.47. The van der Waals surface area contributed by atoms with Gasteiger partial charge >= 0.3 is 0 Å². The first-order chi connectivity index (χ1) is 6.40. The molecule has 0 aromatic rings. The molecule has 2 nitrogen and oxygen atoms in total. The molecule has 0 amide bonds. The monoisotopic (exact) mass is 183 g/mol. The van der Waals surface area contributed by atoms with E-state index >= 15 is 0 Å². The molecule has 1 atom stereocenters. The Morgan fingerprint density at radius 3 is 2.54 bits per heavy atom. The summed E-state index contributed by atoms with van der Waals surface area (Å²) in [6.45, 7) is 2.85. The van der Waals surface area contributed by atoms with Crippen LogP contribution < -0.4 is 0 Å². The molecule has 1 N–H and O–H groups in total. The van der Waals surface area contributed by atoms with Crippen LogP contribution in [0.15, 0.2) is 0 Å². The van der Waals surface area contributed by atoms with Gasteiger partial charge in [0.05, 0.1) is 6.61 Å². The number of aliphatic hydroxyl groups is 1. The molecule has 1 heterocycles. The molecule has 2 heteroatoms. The average Bonchev–Trinajstić information content (AvgIpc) is 2.76. The number of hydrogen-bond donors (Lipinski definition) is 1. The number of rotatable bonds is 3. The topological polar surface area (TPSA) is 23.5 Å². The molecular formula is C11H21NO. The smallest absolute Gasteiger partial charge is 0.0586 e. The third kappa shape index (κ3) is 2.23. The van der Waals surface area contributed by atoms with E-state index in [0.717, 1.165) is 5.92 Å². The Morgan fingerprint density at radius 1 is 1.08 bits per heavy atom. The first-order valence-corrected chi connectivity index (χ1v) is 5.75. The van der Waals surface area contributed by atoms with Crippen LogP contribution in [0.2, 0.25) is 0 Å². The molecule has 2 aliphatic rings. The van der Waals surface area contributed by atoms with Crippen molar-refractivity contribution in [2.75, 3.05) is 19.7 Å². The molecule has 1 unspecified atom stereocenters. The van der Waals surface area contributed by atoms with Crippen LogP contribution in [0, 0.1) is 5.92 Å². The summed E-state index contributed by atoms with van der Waals surface area (Å²) in [6.07, 6.45) is 8.22. The standard InChI is InChI=1S/C11H21NO/c13-9-11-6-3-7-12(11)8-10-4-1-2-5-10/h10-11,13H,1-9H2. The molecule has 0 aromatic carbocycles. The molecule has 0 spiro atoms. The minimum absolute atomic E-state index is 0.368. The zero-order valence-corrected chi connectivity index (χ0v) is 8.41. The van der Waals surface area contributed by atoms with Crippen LogP contribution in [0.25, 0.3) is 0 Å².